The Morgan fingerprint density at radius 1 is 1.24 bits per heavy atom. The van der Waals surface area contributed by atoms with E-state index >= 15 is 0 Å². The third-order valence-electron chi connectivity index (χ3n) is 4.07. The van der Waals surface area contributed by atoms with Crippen LogP contribution < -0.4 is 10.9 Å². The second-order valence-electron chi connectivity index (χ2n) is 5.85. The minimum Gasteiger partial charge on any atom is -0.342 e. The number of aryl methyl sites for hydroxylation is 1. The molecule has 1 aromatic carbocycles. The molecule has 1 unspecified atom stereocenters. The number of hydrogen-bond acceptors (Lipinski definition) is 3. The molecule has 2 N–H and O–H groups in total. The Hall–Kier alpha value is -3.15. The second-order valence-corrected chi connectivity index (χ2v) is 5.85. The van der Waals surface area contributed by atoms with E-state index in [0.29, 0.717) is 17.8 Å². The maximum absolute atomic E-state index is 12.5. The van der Waals surface area contributed by atoms with Crippen LogP contribution in [-0.2, 0) is 7.05 Å². The third-order valence-corrected chi connectivity index (χ3v) is 4.07. The molecule has 1 amide bonds. The van der Waals surface area contributed by atoms with Crippen molar-refractivity contribution < 1.29 is 4.79 Å². The van der Waals surface area contributed by atoms with Crippen molar-refractivity contribution in [3.63, 3.8) is 0 Å². The number of rotatable bonds is 5. The maximum atomic E-state index is 12.5. The lowest BCUT2D eigenvalue weighted by molar-refractivity contribution is 0.0933. The summed E-state index contributed by atoms with van der Waals surface area (Å²) in [6.07, 6.45) is 3.99. The van der Waals surface area contributed by atoms with Gasteiger partial charge in [-0.1, -0.05) is 37.3 Å². The zero-order valence-corrected chi connectivity index (χ0v) is 14.2. The number of carbonyl (C=O) groups excluding carboxylic acids is 1. The first kappa shape index (κ1) is 16.7. The molecule has 0 spiro atoms. The van der Waals surface area contributed by atoms with Gasteiger partial charge >= 0.3 is 0 Å². The van der Waals surface area contributed by atoms with Crippen LogP contribution in [0.1, 0.15) is 35.6 Å². The van der Waals surface area contributed by atoms with Crippen molar-refractivity contribution in [2.24, 2.45) is 7.05 Å². The van der Waals surface area contributed by atoms with Crippen LogP contribution in [0.3, 0.4) is 0 Å². The molecule has 3 aromatic rings. The van der Waals surface area contributed by atoms with Gasteiger partial charge in [-0.25, -0.2) is 4.98 Å². The fourth-order valence-electron chi connectivity index (χ4n) is 2.61. The van der Waals surface area contributed by atoms with Gasteiger partial charge in [0.1, 0.15) is 5.82 Å². The van der Waals surface area contributed by atoms with Crippen molar-refractivity contribution in [1.29, 1.82) is 0 Å². The predicted octanol–water partition coefficient (Wildman–Crippen LogP) is 2.66. The van der Waals surface area contributed by atoms with Crippen molar-refractivity contribution in [3.05, 3.63) is 76.6 Å². The van der Waals surface area contributed by atoms with E-state index in [1.165, 1.54) is 22.9 Å². The van der Waals surface area contributed by atoms with Gasteiger partial charge in [-0.2, -0.15) is 0 Å². The molecule has 6 heteroatoms. The molecular formula is C19H20N4O2. The fraction of sp³-hybridized carbons (Fsp3) is 0.211. The molecule has 2 heterocycles. The summed E-state index contributed by atoms with van der Waals surface area (Å²) in [5.74, 6) is 0.472. The number of nitrogens with zero attached hydrogens (tertiary/aromatic N) is 2. The van der Waals surface area contributed by atoms with Gasteiger partial charge in [0.25, 0.3) is 5.91 Å². The normalized spacial score (nSPS) is 11.9. The van der Waals surface area contributed by atoms with Gasteiger partial charge in [0.15, 0.2) is 0 Å². The van der Waals surface area contributed by atoms with Crippen LogP contribution in [0.5, 0.6) is 0 Å². The number of aromatic nitrogens is 3. The molecule has 1 atom stereocenters. The van der Waals surface area contributed by atoms with Crippen LogP contribution in [0, 0.1) is 0 Å². The SMILES string of the molecule is CCC(NC(=O)c1ccc(=O)n(C)c1)c1ncc(-c2ccccc2)[nH]1. The first-order chi connectivity index (χ1) is 12.1. The van der Waals surface area contributed by atoms with Gasteiger partial charge in [-0.05, 0) is 18.1 Å². The molecule has 6 nitrogen and oxygen atoms in total. The number of amides is 1. The van der Waals surface area contributed by atoms with Crippen molar-refractivity contribution >= 4 is 5.91 Å². The zero-order chi connectivity index (χ0) is 17.8. The number of H-pyrrole nitrogens is 1. The van der Waals surface area contributed by atoms with Crippen LogP contribution in [0.25, 0.3) is 11.3 Å². The summed E-state index contributed by atoms with van der Waals surface area (Å²) >= 11 is 0. The number of nitrogens with one attached hydrogen (secondary N) is 2. The number of aromatic amines is 1. The van der Waals surface area contributed by atoms with E-state index in [1.54, 1.807) is 13.2 Å². The predicted molar refractivity (Wildman–Crippen MR) is 96.2 cm³/mol. The minimum atomic E-state index is -0.236. The minimum absolute atomic E-state index is 0.151. The Balaban J connectivity index is 1.78. The summed E-state index contributed by atoms with van der Waals surface area (Å²) in [6.45, 7) is 1.98. The van der Waals surface area contributed by atoms with E-state index in [4.69, 9.17) is 0 Å². The smallest absolute Gasteiger partial charge is 0.253 e. The average molecular weight is 336 g/mol. The highest BCUT2D eigenvalue weighted by Crippen LogP contribution is 2.20. The van der Waals surface area contributed by atoms with Crippen molar-refractivity contribution in [3.8, 4) is 11.3 Å². The van der Waals surface area contributed by atoms with Crippen molar-refractivity contribution in [1.82, 2.24) is 19.9 Å². The lowest BCUT2D eigenvalue weighted by atomic mass is 10.1. The van der Waals surface area contributed by atoms with Crippen molar-refractivity contribution in [2.75, 3.05) is 0 Å². The van der Waals surface area contributed by atoms with Crippen LogP contribution in [-0.4, -0.2) is 20.4 Å². The molecule has 0 aliphatic rings. The number of hydrogen-bond donors (Lipinski definition) is 2. The van der Waals surface area contributed by atoms with E-state index in [1.807, 2.05) is 37.3 Å². The molecule has 0 radical (unpaired) electrons. The Morgan fingerprint density at radius 2 is 2.00 bits per heavy atom. The molecule has 0 fully saturated rings. The number of pyridine rings is 1. The summed E-state index contributed by atoms with van der Waals surface area (Å²) < 4.78 is 1.39. The summed E-state index contributed by atoms with van der Waals surface area (Å²) in [5, 5.41) is 2.96. The van der Waals surface area contributed by atoms with E-state index in [2.05, 4.69) is 15.3 Å². The Bertz CT molecular complexity index is 928. The molecular weight excluding hydrogens is 316 g/mol. The molecule has 0 saturated heterocycles. The highest BCUT2D eigenvalue weighted by molar-refractivity contribution is 5.94. The van der Waals surface area contributed by atoms with Crippen molar-refractivity contribution in [2.45, 2.75) is 19.4 Å². The number of imidazole rings is 1. The first-order valence-corrected chi connectivity index (χ1v) is 8.16. The highest BCUT2D eigenvalue weighted by Gasteiger charge is 2.17. The number of benzene rings is 1. The van der Waals surface area contributed by atoms with Crippen LogP contribution in [0.4, 0.5) is 0 Å². The van der Waals surface area contributed by atoms with E-state index < -0.39 is 0 Å². The zero-order valence-electron chi connectivity index (χ0n) is 14.2. The summed E-state index contributed by atoms with van der Waals surface area (Å²) in [7, 11) is 1.62. The Morgan fingerprint density at radius 3 is 2.68 bits per heavy atom. The Labute approximate surface area is 145 Å². The number of carbonyl (C=O) groups is 1. The van der Waals surface area contributed by atoms with Gasteiger partial charge < -0.3 is 14.9 Å². The summed E-state index contributed by atoms with van der Waals surface area (Å²) in [6, 6.07) is 12.6. The molecule has 0 aliphatic carbocycles. The average Bonchev–Trinajstić information content (AvgIpc) is 3.12. The molecule has 128 valence electrons. The Kier molecular flexibility index (Phi) is 4.79. The van der Waals surface area contributed by atoms with E-state index in [9.17, 15) is 9.59 Å². The van der Waals surface area contributed by atoms with Gasteiger partial charge in [0.05, 0.1) is 23.5 Å². The van der Waals surface area contributed by atoms with Gasteiger partial charge in [0.2, 0.25) is 5.56 Å². The first-order valence-electron chi connectivity index (χ1n) is 8.16. The van der Waals surface area contributed by atoms with Gasteiger partial charge in [-0.15, -0.1) is 0 Å². The topological polar surface area (TPSA) is 79.8 Å². The lowest BCUT2D eigenvalue weighted by Crippen LogP contribution is -2.30. The molecule has 0 bridgehead atoms. The molecule has 2 aromatic heterocycles. The molecule has 25 heavy (non-hydrogen) atoms. The largest absolute Gasteiger partial charge is 0.342 e. The lowest BCUT2D eigenvalue weighted by Gasteiger charge is -2.15. The standard InChI is InChI=1S/C19H20N4O2/c1-3-15(22-19(25)14-9-10-17(24)23(2)12-14)18-20-11-16(21-18)13-7-5-4-6-8-13/h4-12,15H,3H2,1-2H3,(H,20,21)(H,22,25). The molecule has 0 aliphatic heterocycles. The van der Waals surface area contributed by atoms with E-state index in [-0.39, 0.29) is 17.5 Å². The quantitative estimate of drug-likeness (QED) is 0.752. The third kappa shape index (κ3) is 3.68. The summed E-state index contributed by atoms with van der Waals surface area (Å²) in [4.78, 5) is 31.6. The van der Waals surface area contributed by atoms with Gasteiger partial charge in [0, 0.05) is 19.3 Å². The molecule has 0 saturated carbocycles. The highest BCUT2D eigenvalue weighted by atomic mass is 16.2. The van der Waals surface area contributed by atoms with Crippen LogP contribution in [0.2, 0.25) is 0 Å². The second kappa shape index (κ2) is 7.17. The maximum Gasteiger partial charge on any atom is 0.253 e. The van der Waals surface area contributed by atoms with Gasteiger partial charge in [-0.3, -0.25) is 9.59 Å². The van der Waals surface area contributed by atoms with Crippen LogP contribution >= 0.6 is 0 Å². The molecule has 3 rings (SSSR count). The summed E-state index contributed by atoms with van der Waals surface area (Å²) in [5.41, 5.74) is 2.24. The van der Waals surface area contributed by atoms with E-state index in [0.717, 1.165) is 11.3 Å². The monoisotopic (exact) mass is 336 g/mol. The fourth-order valence-corrected chi connectivity index (χ4v) is 2.61. The van der Waals surface area contributed by atoms with Crippen LogP contribution in [0.15, 0.2) is 59.7 Å².